The zero-order valence-corrected chi connectivity index (χ0v) is 13.3. The highest BCUT2D eigenvalue weighted by atomic mass is 35.5. The van der Waals surface area contributed by atoms with Crippen LogP contribution in [0.3, 0.4) is 0 Å². The molecular formula is C15H19ClN4O. The molecule has 0 unspecified atom stereocenters. The first-order valence-corrected chi connectivity index (χ1v) is 7.27. The number of rotatable bonds is 6. The molecule has 0 fully saturated rings. The summed E-state index contributed by atoms with van der Waals surface area (Å²) in [4.78, 5) is 19.0. The predicted molar refractivity (Wildman–Crippen MR) is 82.8 cm³/mol. The Bertz CT molecular complexity index is 636. The van der Waals surface area contributed by atoms with E-state index in [1.165, 1.54) is 6.20 Å². The van der Waals surface area contributed by atoms with E-state index in [1.54, 1.807) is 10.9 Å². The Balaban J connectivity index is 2.37. The number of pyridine rings is 1. The summed E-state index contributed by atoms with van der Waals surface area (Å²) in [5, 5.41) is 4.57. The molecule has 0 radical (unpaired) electrons. The van der Waals surface area contributed by atoms with Crippen LogP contribution in [0.1, 0.15) is 28.7 Å². The Morgan fingerprint density at radius 2 is 2.19 bits per heavy atom. The number of ketones is 1. The van der Waals surface area contributed by atoms with Crippen LogP contribution < -0.4 is 0 Å². The maximum absolute atomic E-state index is 12.8. The van der Waals surface area contributed by atoms with Gasteiger partial charge in [-0.2, -0.15) is 5.10 Å². The van der Waals surface area contributed by atoms with Crippen molar-refractivity contribution in [2.24, 2.45) is 0 Å². The van der Waals surface area contributed by atoms with E-state index in [0.717, 1.165) is 18.5 Å². The van der Waals surface area contributed by atoms with Crippen molar-refractivity contribution in [2.45, 2.75) is 19.9 Å². The van der Waals surface area contributed by atoms with Crippen LogP contribution in [0, 0.1) is 0 Å². The summed E-state index contributed by atoms with van der Waals surface area (Å²) in [6.07, 6.45) is 3.89. The minimum atomic E-state index is -0.172. The highest BCUT2D eigenvalue weighted by molar-refractivity contribution is 6.34. The second-order valence-electron chi connectivity index (χ2n) is 5.06. The molecule has 0 aliphatic rings. The highest BCUT2D eigenvalue weighted by Crippen LogP contribution is 2.20. The molecule has 0 saturated carbocycles. The third kappa shape index (κ3) is 3.49. The van der Waals surface area contributed by atoms with E-state index in [9.17, 15) is 4.79 Å². The zero-order valence-electron chi connectivity index (χ0n) is 12.5. The third-order valence-electron chi connectivity index (χ3n) is 3.26. The van der Waals surface area contributed by atoms with Crippen LogP contribution in [0.25, 0.3) is 0 Å². The fourth-order valence-corrected chi connectivity index (χ4v) is 2.32. The van der Waals surface area contributed by atoms with Crippen LogP contribution in [-0.2, 0) is 13.0 Å². The lowest BCUT2D eigenvalue weighted by atomic mass is 10.1. The molecule has 2 aromatic heterocycles. The van der Waals surface area contributed by atoms with Gasteiger partial charge in [0.25, 0.3) is 0 Å². The number of hydrogen-bond acceptors (Lipinski definition) is 4. The van der Waals surface area contributed by atoms with E-state index in [2.05, 4.69) is 10.1 Å². The van der Waals surface area contributed by atoms with Crippen molar-refractivity contribution in [1.82, 2.24) is 19.7 Å². The fourth-order valence-electron chi connectivity index (χ4n) is 2.09. The Morgan fingerprint density at radius 1 is 1.43 bits per heavy atom. The largest absolute Gasteiger partial charge is 0.308 e. The Morgan fingerprint density at radius 3 is 2.86 bits per heavy atom. The van der Waals surface area contributed by atoms with E-state index >= 15 is 0 Å². The Hall–Kier alpha value is -1.72. The van der Waals surface area contributed by atoms with E-state index in [4.69, 9.17) is 11.6 Å². The van der Waals surface area contributed by atoms with E-state index in [1.807, 2.05) is 38.1 Å². The van der Waals surface area contributed by atoms with Crippen molar-refractivity contribution < 1.29 is 4.79 Å². The van der Waals surface area contributed by atoms with Gasteiger partial charge in [-0.1, -0.05) is 24.6 Å². The van der Waals surface area contributed by atoms with Gasteiger partial charge in [0.15, 0.2) is 0 Å². The van der Waals surface area contributed by atoms with Crippen molar-refractivity contribution in [3.63, 3.8) is 0 Å². The fraction of sp³-hybridized carbons (Fsp3) is 0.400. The number of hydrogen-bond donors (Lipinski definition) is 0. The van der Waals surface area contributed by atoms with Crippen molar-refractivity contribution in [2.75, 3.05) is 20.6 Å². The van der Waals surface area contributed by atoms with Gasteiger partial charge in [0.05, 0.1) is 17.8 Å². The van der Waals surface area contributed by atoms with Gasteiger partial charge in [-0.15, -0.1) is 0 Å². The number of aryl methyl sites for hydroxylation is 1. The number of carbonyl (C=O) groups excluding carboxylic acids is 1. The van der Waals surface area contributed by atoms with Crippen LogP contribution in [0.5, 0.6) is 0 Å². The van der Waals surface area contributed by atoms with Crippen LogP contribution in [0.2, 0.25) is 5.02 Å². The van der Waals surface area contributed by atoms with Crippen molar-refractivity contribution >= 4 is 17.4 Å². The lowest BCUT2D eigenvalue weighted by molar-refractivity contribution is 0.102. The smallest absolute Gasteiger partial charge is 0.231 e. The Kier molecular flexibility index (Phi) is 5.09. The molecule has 0 spiro atoms. The molecule has 0 amide bonds. The van der Waals surface area contributed by atoms with Gasteiger partial charge in [0.1, 0.15) is 11.4 Å². The molecule has 0 aliphatic heterocycles. The van der Waals surface area contributed by atoms with Crippen LogP contribution in [-0.4, -0.2) is 46.1 Å². The third-order valence-corrected chi connectivity index (χ3v) is 3.53. The second-order valence-corrected chi connectivity index (χ2v) is 5.47. The molecule has 112 valence electrons. The van der Waals surface area contributed by atoms with Crippen molar-refractivity contribution in [3.8, 4) is 0 Å². The summed E-state index contributed by atoms with van der Waals surface area (Å²) in [6.45, 7) is 3.38. The molecule has 0 saturated heterocycles. The lowest BCUT2D eigenvalue weighted by Gasteiger charge is -2.12. The van der Waals surface area contributed by atoms with Crippen LogP contribution >= 0.6 is 11.6 Å². The molecule has 21 heavy (non-hydrogen) atoms. The molecule has 2 heterocycles. The highest BCUT2D eigenvalue weighted by Gasteiger charge is 2.22. The van der Waals surface area contributed by atoms with Crippen molar-refractivity contribution in [3.05, 3.63) is 46.5 Å². The minimum absolute atomic E-state index is 0.172. The van der Waals surface area contributed by atoms with Gasteiger partial charge in [-0.3, -0.25) is 14.5 Å². The van der Waals surface area contributed by atoms with Gasteiger partial charge in [-0.25, -0.2) is 0 Å². The quantitative estimate of drug-likeness (QED) is 0.768. The van der Waals surface area contributed by atoms with Gasteiger partial charge in [0.2, 0.25) is 5.78 Å². The summed E-state index contributed by atoms with van der Waals surface area (Å²) < 4.78 is 1.65. The van der Waals surface area contributed by atoms with Gasteiger partial charge in [0, 0.05) is 12.7 Å². The SMILES string of the molecule is CCc1cccnc1C(=O)c1c(Cl)cnn1CCN(C)C. The van der Waals surface area contributed by atoms with Crippen molar-refractivity contribution in [1.29, 1.82) is 0 Å². The van der Waals surface area contributed by atoms with Gasteiger partial charge >= 0.3 is 0 Å². The molecular weight excluding hydrogens is 288 g/mol. The molecule has 6 heteroatoms. The van der Waals surface area contributed by atoms with E-state index < -0.39 is 0 Å². The predicted octanol–water partition coefficient (Wildman–Crippen LogP) is 2.29. The zero-order chi connectivity index (χ0) is 15.4. The first kappa shape index (κ1) is 15.7. The first-order chi connectivity index (χ1) is 10.0. The number of aromatic nitrogens is 3. The molecule has 2 aromatic rings. The number of halogens is 1. The average Bonchev–Trinajstić information content (AvgIpc) is 2.85. The number of carbonyl (C=O) groups is 1. The normalized spacial score (nSPS) is 11.1. The topological polar surface area (TPSA) is 51.0 Å². The second kappa shape index (κ2) is 6.83. The number of nitrogens with zero attached hydrogens (tertiary/aromatic N) is 4. The average molecular weight is 307 g/mol. The molecule has 0 atom stereocenters. The summed E-state index contributed by atoms with van der Waals surface area (Å²) in [6, 6.07) is 3.75. The van der Waals surface area contributed by atoms with Crippen LogP contribution in [0.4, 0.5) is 0 Å². The lowest BCUT2D eigenvalue weighted by Crippen LogP contribution is -2.22. The molecule has 0 bridgehead atoms. The summed E-state index contributed by atoms with van der Waals surface area (Å²) in [5.74, 6) is -0.172. The van der Waals surface area contributed by atoms with E-state index in [-0.39, 0.29) is 5.78 Å². The molecule has 0 N–H and O–H groups in total. The summed E-state index contributed by atoms with van der Waals surface area (Å²) >= 11 is 6.16. The van der Waals surface area contributed by atoms with Gasteiger partial charge < -0.3 is 4.90 Å². The molecule has 2 rings (SSSR count). The maximum atomic E-state index is 12.8. The minimum Gasteiger partial charge on any atom is -0.308 e. The Labute approximate surface area is 129 Å². The summed E-state index contributed by atoms with van der Waals surface area (Å²) in [5.41, 5.74) is 1.78. The van der Waals surface area contributed by atoms with E-state index in [0.29, 0.717) is 23.0 Å². The number of likely N-dealkylation sites (N-methyl/N-ethyl adjacent to an activating group) is 1. The molecule has 0 aromatic carbocycles. The summed E-state index contributed by atoms with van der Waals surface area (Å²) in [7, 11) is 3.95. The molecule has 5 nitrogen and oxygen atoms in total. The molecule has 0 aliphatic carbocycles. The van der Waals surface area contributed by atoms with Gasteiger partial charge in [-0.05, 0) is 32.1 Å². The monoisotopic (exact) mass is 306 g/mol. The maximum Gasteiger partial charge on any atom is 0.231 e. The van der Waals surface area contributed by atoms with Crippen LogP contribution in [0.15, 0.2) is 24.5 Å². The standard InChI is InChI=1S/C15H19ClN4O/c1-4-11-6-5-7-17-13(11)15(21)14-12(16)10-18-20(14)9-8-19(2)3/h5-7,10H,4,8-9H2,1-3H3. The first-order valence-electron chi connectivity index (χ1n) is 6.89.